The van der Waals surface area contributed by atoms with Crippen LogP contribution >= 0.6 is 11.3 Å². The van der Waals surface area contributed by atoms with Crippen molar-refractivity contribution in [3.8, 4) is 0 Å². The molecule has 1 saturated heterocycles. The zero-order valence-electron chi connectivity index (χ0n) is 14.8. The molecule has 2 N–H and O–H groups in total. The summed E-state index contributed by atoms with van der Waals surface area (Å²) in [5.41, 5.74) is 0.420. The molecule has 0 radical (unpaired) electrons. The Bertz CT molecular complexity index is 749. The molecule has 0 bridgehead atoms. The first-order chi connectivity index (χ1) is 12.6. The van der Waals surface area contributed by atoms with Gasteiger partial charge in [-0.05, 0) is 20.3 Å². The van der Waals surface area contributed by atoms with Crippen molar-refractivity contribution in [3.05, 3.63) is 40.4 Å². The lowest BCUT2D eigenvalue weighted by Crippen LogP contribution is -2.42. The van der Waals surface area contributed by atoms with Crippen molar-refractivity contribution in [3.63, 3.8) is 0 Å². The molecule has 2 aromatic heterocycles. The van der Waals surface area contributed by atoms with Gasteiger partial charge in [0.25, 0.3) is 5.91 Å². The number of aryl methyl sites for hydroxylation is 1. The van der Waals surface area contributed by atoms with Gasteiger partial charge in [-0.3, -0.25) is 14.5 Å². The predicted molar refractivity (Wildman–Crippen MR) is 97.6 cm³/mol. The number of nitrogens with one attached hydrogen (secondary N) is 2. The molecule has 0 saturated carbocycles. The van der Waals surface area contributed by atoms with Gasteiger partial charge in [-0.15, -0.1) is 11.3 Å². The highest BCUT2D eigenvalue weighted by atomic mass is 32.1. The van der Waals surface area contributed by atoms with Crippen molar-refractivity contribution in [1.29, 1.82) is 0 Å². The van der Waals surface area contributed by atoms with Crippen molar-refractivity contribution < 1.29 is 9.59 Å². The summed E-state index contributed by atoms with van der Waals surface area (Å²) in [5, 5.41) is 8.75. The van der Waals surface area contributed by atoms with Crippen LogP contribution in [0.2, 0.25) is 0 Å². The van der Waals surface area contributed by atoms with Gasteiger partial charge in [0.05, 0.1) is 18.2 Å². The van der Waals surface area contributed by atoms with E-state index in [1.807, 2.05) is 12.3 Å². The zero-order valence-corrected chi connectivity index (χ0v) is 15.6. The van der Waals surface area contributed by atoms with E-state index in [-0.39, 0.29) is 23.9 Å². The molecule has 1 aliphatic rings. The van der Waals surface area contributed by atoms with Crippen LogP contribution in [0, 0.1) is 6.92 Å². The van der Waals surface area contributed by atoms with E-state index in [9.17, 15) is 9.59 Å². The number of carbonyl (C=O) groups excluding carboxylic acids is 2. The molecule has 1 fully saturated rings. The molecular formula is C17H22N6O2S. The number of likely N-dealkylation sites (tertiary alicyclic amines) is 1. The summed E-state index contributed by atoms with van der Waals surface area (Å²) in [5.74, 6) is 0.383. The van der Waals surface area contributed by atoms with E-state index in [1.54, 1.807) is 24.5 Å². The number of thiazole rings is 1. The van der Waals surface area contributed by atoms with E-state index in [0.29, 0.717) is 37.4 Å². The van der Waals surface area contributed by atoms with E-state index in [4.69, 9.17) is 0 Å². The van der Waals surface area contributed by atoms with Gasteiger partial charge in [0, 0.05) is 43.1 Å². The molecule has 0 unspecified atom stereocenters. The highest BCUT2D eigenvalue weighted by Gasteiger charge is 2.37. The Morgan fingerprint density at radius 2 is 2.08 bits per heavy atom. The highest BCUT2D eigenvalue weighted by Crippen LogP contribution is 2.22. The Morgan fingerprint density at radius 1 is 1.31 bits per heavy atom. The summed E-state index contributed by atoms with van der Waals surface area (Å²) < 4.78 is 0. The molecule has 0 spiro atoms. The minimum absolute atomic E-state index is 0.0144. The van der Waals surface area contributed by atoms with Crippen molar-refractivity contribution >= 4 is 23.2 Å². The minimum atomic E-state index is -0.279. The maximum Gasteiger partial charge on any atom is 0.254 e. The first-order valence-corrected chi connectivity index (χ1v) is 9.44. The molecule has 3 heterocycles. The van der Waals surface area contributed by atoms with Crippen molar-refractivity contribution in [2.45, 2.75) is 38.9 Å². The van der Waals surface area contributed by atoms with Gasteiger partial charge in [-0.2, -0.15) is 0 Å². The lowest BCUT2D eigenvalue weighted by Gasteiger charge is -2.22. The maximum absolute atomic E-state index is 12.4. The van der Waals surface area contributed by atoms with Crippen LogP contribution < -0.4 is 10.6 Å². The van der Waals surface area contributed by atoms with Crippen LogP contribution in [0.5, 0.6) is 0 Å². The molecule has 1 aliphatic heterocycles. The summed E-state index contributed by atoms with van der Waals surface area (Å²) >= 11 is 1.56. The standard InChI is InChI=1S/C17H22N6O2S/c1-3-18-17(25)14-6-13(9-23(14)10-15-19-4-5-26-15)22-16(24)12-7-20-11(2)21-8-12/h4-5,7-8,13-14H,3,6,9-10H2,1-2H3,(H,18,25)(H,22,24)/t13-,14-/m0/s1. The second-order valence-corrected chi connectivity index (χ2v) is 7.17. The van der Waals surface area contributed by atoms with Gasteiger partial charge in [0.15, 0.2) is 0 Å². The molecule has 2 atom stereocenters. The molecule has 2 aromatic rings. The molecule has 2 amide bonds. The Kier molecular flexibility index (Phi) is 5.89. The summed E-state index contributed by atoms with van der Waals surface area (Å²) in [6, 6.07) is -0.394. The van der Waals surface area contributed by atoms with Gasteiger partial charge in [-0.1, -0.05) is 0 Å². The number of aromatic nitrogens is 3. The quantitative estimate of drug-likeness (QED) is 0.774. The number of hydrogen-bond acceptors (Lipinski definition) is 7. The second kappa shape index (κ2) is 8.33. The van der Waals surface area contributed by atoms with Crippen LogP contribution in [0.4, 0.5) is 0 Å². The van der Waals surface area contributed by atoms with E-state index < -0.39 is 0 Å². The van der Waals surface area contributed by atoms with E-state index in [1.165, 1.54) is 12.4 Å². The second-order valence-electron chi connectivity index (χ2n) is 6.19. The Hall–Kier alpha value is -2.39. The molecule has 9 heteroatoms. The number of nitrogens with zero attached hydrogens (tertiary/aromatic N) is 4. The van der Waals surface area contributed by atoms with Gasteiger partial charge in [0.2, 0.25) is 5.91 Å². The fraction of sp³-hybridized carbons (Fsp3) is 0.471. The average molecular weight is 374 g/mol. The molecule has 26 heavy (non-hydrogen) atoms. The summed E-state index contributed by atoms with van der Waals surface area (Å²) in [6.45, 7) is 5.44. The van der Waals surface area contributed by atoms with Crippen LogP contribution in [0.25, 0.3) is 0 Å². The normalized spacial score (nSPS) is 20.1. The minimum Gasteiger partial charge on any atom is -0.355 e. The van der Waals surface area contributed by atoms with Crippen LogP contribution in [-0.4, -0.2) is 56.8 Å². The van der Waals surface area contributed by atoms with Crippen molar-refractivity contribution in [2.24, 2.45) is 0 Å². The van der Waals surface area contributed by atoms with Gasteiger partial charge in [0.1, 0.15) is 10.8 Å². The third kappa shape index (κ3) is 4.41. The molecule has 0 aliphatic carbocycles. The Labute approximate surface area is 156 Å². The molecule has 138 valence electrons. The Morgan fingerprint density at radius 3 is 2.73 bits per heavy atom. The van der Waals surface area contributed by atoms with Crippen LogP contribution in [-0.2, 0) is 11.3 Å². The number of rotatable bonds is 6. The first kappa shape index (κ1) is 18.4. The van der Waals surface area contributed by atoms with E-state index in [0.717, 1.165) is 5.01 Å². The first-order valence-electron chi connectivity index (χ1n) is 8.56. The highest BCUT2D eigenvalue weighted by molar-refractivity contribution is 7.09. The van der Waals surface area contributed by atoms with Crippen LogP contribution in [0.3, 0.4) is 0 Å². The van der Waals surface area contributed by atoms with Gasteiger partial charge < -0.3 is 10.6 Å². The third-order valence-corrected chi connectivity index (χ3v) is 5.02. The van der Waals surface area contributed by atoms with Gasteiger partial charge >= 0.3 is 0 Å². The molecular weight excluding hydrogens is 352 g/mol. The van der Waals surface area contributed by atoms with E-state index in [2.05, 4.69) is 30.5 Å². The number of amides is 2. The lowest BCUT2D eigenvalue weighted by molar-refractivity contribution is -0.125. The fourth-order valence-electron chi connectivity index (χ4n) is 3.03. The largest absolute Gasteiger partial charge is 0.355 e. The fourth-order valence-corrected chi connectivity index (χ4v) is 3.67. The van der Waals surface area contributed by atoms with E-state index >= 15 is 0 Å². The number of likely N-dealkylation sites (N-methyl/N-ethyl adjacent to an activating group) is 1. The van der Waals surface area contributed by atoms with Crippen LogP contribution in [0.1, 0.15) is 34.5 Å². The zero-order chi connectivity index (χ0) is 18.5. The SMILES string of the molecule is CCNC(=O)[C@@H]1C[C@H](NC(=O)c2cnc(C)nc2)CN1Cc1nccs1. The smallest absolute Gasteiger partial charge is 0.254 e. The van der Waals surface area contributed by atoms with Crippen molar-refractivity contribution in [1.82, 2.24) is 30.5 Å². The summed E-state index contributed by atoms with van der Waals surface area (Å²) in [6.07, 6.45) is 5.35. The molecule has 0 aromatic carbocycles. The van der Waals surface area contributed by atoms with Gasteiger partial charge in [-0.25, -0.2) is 15.0 Å². The summed E-state index contributed by atoms with van der Waals surface area (Å²) in [4.78, 5) is 39.3. The maximum atomic E-state index is 12.4. The average Bonchev–Trinajstić information content (AvgIpc) is 3.26. The molecule has 8 nitrogen and oxygen atoms in total. The number of hydrogen-bond donors (Lipinski definition) is 2. The lowest BCUT2D eigenvalue weighted by atomic mass is 10.1. The third-order valence-electron chi connectivity index (χ3n) is 4.26. The van der Waals surface area contributed by atoms with Crippen LogP contribution in [0.15, 0.2) is 24.0 Å². The monoisotopic (exact) mass is 374 g/mol. The molecule has 3 rings (SSSR count). The Balaban J connectivity index is 1.67. The summed E-state index contributed by atoms with van der Waals surface area (Å²) in [7, 11) is 0. The predicted octanol–water partition coefficient (Wildman–Crippen LogP) is 0.751. The number of carbonyl (C=O) groups is 2. The van der Waals surface area contributed by atoms with Crippen molar-refractivity contribution in [2.75, 3.05) is 13.1 Å². The topological polar surface area (TPSA) is 100 Å².